The molecule has 5 heteroatoms. The number of hydrogen-bond acceptors (Lipinski definition) is 4. The monoisotopic (exact) mass is 167 g/mol. The highest BCUT2D eigenvalue weighted by Gasteiger charge is 2.26. The molecule has 5 nitrogen and oxygen atoms in total. The topological polar surface area (TPSA) is 68.0 Å². The van der Waals surface area contributed by atoms with E-state index in [9.17, 15) is 4.79 Å². The van der Waals surface area contributed by atoms with E-state index in [1.165, 1.54) is 0 Å². The lowest BCUT2D eigenvalue weighted by molar-refractivity contribution is -0.119. The van der Waals surface area contributed by atoms with E-state index in [-0.39, 0.29) is 11.9 Å². The molecule has 64 valence electrons. The number of hydrogen-bond donors (Lipinski definition) is 1. The first kappa shape index (κ1) is 7.27. The SMILES string of the molecule is Cc1noc(C2CCC(=O)N2)n1. The zero-order valence-electron chi connectivity index (χ0n) is 6.70. The summed E-state index contributed by atoms with van der Waals surface area (Å²) in [6, 6.07) is -0.0706. The number of aromatic nitrogens is 2. The molecular formula is C7H9N3O2. The van der Waals surface area contributed by atoms with Gasteiger partial charge in [0.15, 0.2) is 5.82 Å². The maximum atomic E-state index is 10.8. The summed E-state index contributed by atoms with van der Waals surface area (Å²) in [5.41, 5.74) is 0. The van der Waals surface area contributed by atoms with Gasteiger partial charge in [0, 0.05) is 6.42 Å². The summed E-state index contributed by atoms with van der Waals surface area (Å²) >= 11 is 0. The van der Waals surface area contributed by atoms with Gasteiger partial charge in [0.2, 0.25) is 11.8 Å². The minimum atomic E-state index is -0.0706. The zero-order valence-corrected chi connectivity index (χ0v) is 6.70. The van der Waals surface area contributed by atoms with Gasteiger partial charge in [0.05, 0.1) is 0 Å². The Balaban J connectivity index is 2.15. The lowest BCUT2D eigenvalue weighted by Gasteiger charge is -2.01. The van der Waals surface area contributed by atoms with E-state index in [4.69, 9.17) is 4.52 Å². The number of nitrogens with zero attached hydrogens (tertiary/aromatic N) is 2. The molecule has 1 unspecified atom stereocenters. The molecule has 2 heterocycles. The van der Waals surface area contributed by atoms with Crippen LogP contribution in [0.1, 0.15) is 30.6 Å². The first-order valence-corrected chi connectivity index (χ1v) is 3.85. The molecule has 0 saturated carbocycles. The van der Waals surface area contributed by atoms with Gasteiger partial charge in [-0.3, -0.25) is 4.79 Å². The summed E-state index contributed by atoms with van der Waals surface area (Å²) in [5.74, 6) is 1.17. The number of rotatable bonds is 1. The standard InChI is InChI=1S/C7H9N3O2/c1-4-8-7(12-10-4)5-2-3-6(11)9-5/h5H,2-3H2,1H3,(H,9,11). The van der Waals surface area contributed by atoms with Crippen molar-refractivity contribution in [2.45, 2.75) is 25.8 Å². The maximum Gasteiger partial charge on any atom is 0.249 e. The Labute approximate surface area is 69.1 Å². The molecule has 1 aromatic heterocycles. The number of amides is 1. The first-order valence-electron chi connectivity index (χ1n) is 3.85. The summed E-state index contributed by atoms with van der Waals surface area (Å²) in [5, 5.41) is 6.40. The third-order valence-electron chi connectivity index (χ3n) is 1.84. The van der Waals surface area contributed by atoms with Crippen LogP contribution in [0, 0.1) is 6.92 Å². The number of aryl methyl sites for hydroxylation is 1. The average Bonchev–Trinajstić information content (AvgIpc) is 2.58. The third-order valence-corrected chi connectivity index (χ3v) is 1.84. The highest BCUT2D eigenvalue weighted by Crippen LogP contribution is 2.21. The lowest BCUT2D eigenvalue weighted by atomic mass is 10.2. The molecule has 0 spiro atoms. The predicted octanol–water partition coefficient (Wildman–Crippen LogP) is 0.329. The van der Waals surface area contributed by atoms with Crippen molar-refractivity contribution < 1.29 is 9.32 Å². The van der Waals surface area contributed by atoms with Crippen LogP contribution in [0.2, 0.25) is 0 Å². The minimum absolute atomic E-state index is 0.0517. The van der Waals surface area contributed by atoms with E-state index in [2.05, 4.69) is 15.5 Å². The van der Waals surface area contributed by atoms with Crippen LogP contribution in [0.4, 0.5) is 0 Å². The van der Waals surface area contributed by atoms with Crippen molar-refractivity contribution in [3.05, 3.63) is 11.7 Å². The van der Waals surface area contributed by atoms with E-state index in [0.717, 1.165) is 6.42 Å². The molecule has 1 aliphatic heterocycles. The number of carbonyl (C=O) groups is 1. The molecule has 1 amide bonds. The molecule has 1 fully saturated rings. The average molecular weight is 167 g/mol. The molecule has 2 rings (SSSR count). The van der Waals surface area contributed by atoms with Crippen LogP contribution in [-0.4, -0.2) is 16.0 Å². The Hall–Kier alpha value is -1.39. The molecule has 1 aliphatic rings. The lowest BCUT2D eigenvalue weighted by Crippen LogP contribution is -2.18. The van der Waals surface area contributed by atoms with Crippen molar-refractivity contribution >= 4 is 5.91 Å². The summed E-state index contributed by atoms with van der Waals surface area (Å²) in [7, 11) is 0. The fourth-order valence-electron chi connectivity index (χ4n) is 1.25. The Morgan fingerprint density at radius 2 is 2.50 bits per heavy atom. The van der Waals surface area contributed by atoms with Gasteiger partial charge in [-0.15, -0.1) is 0 Å². The molecule has 0 aromatic carbocycles. The van der Waals surface area contributed by atoms with Crippen LogP contribution in [0.15, 0.2) is 4.52 Å². The Bertz CT molecular complexity index is 307. The van der Waals surface area contributed by atoms with Crippen LogP contribution < -0.4 is 5.32 Å². The molecule has 1 aromatic rings. The molecule has 1 N–H and O–H groups in total. The predicted molar refractivity (Wildman–Crippen MR) is 39.2 cm³/mol. The second-order valence-corrected chi connectivity index (χ2v) is 2.84. The van der Waals surface area contributed by atoms with Gasteiger partial charge in [-0.1, -0.05) is 5.16 Å². The number of carbonyl (C=O) groups excluding carboxylic acids is 1. The van der Waals surface area contributed by atoms with Gasteiger partial charge in [-0.2, -0.15) is 4.98 Å². The minimum Gasteiger partial charge on any atom is -0.344 e. The van der Waals surface area contributed by atoms with Gasteiger partial charge in [0.1, 0.15) is 6.04 Å². The maximum absolute atomic E-state index is 10.8. The van der Waals surface area contributed by atoms with Crippen LogP contribution in [0.3, 0.4) is 0 Å². The van der Waals surface area contributed by atoms with E-state index in [1.54, 1.807) is 6.92 Å². The first-order chi connectivity index (χ1) is 5.75. The highest BCUT2D eigenvalue weighted by molar-refractivity contribution is 5.78. The summed E-state index contributed by atoms with van der Waals surface area (Å²) in [6.07, 6.45) is 1.30. The summed E-state index contributed by atoms with van der Waals surface area (Å²) in [6.45, 7) is 1.75. The van der Waals surface area contributed by atoms with E-state index >= 15 is 0 Å². The van der Waals surface area contributed by atoms with E-state index in [1.807, 2.05) is 0 Å². The fraction of sp³-hybridized carbons (Fsp3) is 0.571. The van der Waals surface area contributed by atoms with E-state index < -0.39 is 0 Å². The van der Waals surface area contributed by atoms with Gasteiger partial charge >= 0.3 is 0 Å². The quantitative estimate of drug-likeness (QED) is 0.654. The Kier molecular flexibility index (Phi) is 1.56. The Morgan fingerprint density at radius 1 is 1.67 bits per heavy atom. The molecule has 0 bridgehead atoms. The molecular weight excluding hydrogens is 158 g/mol. The molecule has 0 aliphatic carbocycles. The molecule has 12 heavy (non-hydrogen) atoms. The number of nitrogens with one attached hydrogen (secondary N) is 1. The third kappa shape index (κ3) is 1.17. The van der Waals surface area contributed by atoms with Crippen LogP contribution in [0.5, 0.6) is 0 Å². The van der Waals surface area contributed by atoms with Crippen molar-refractivity contribution in [1.29, 1.82) is 0 Å². The van der Waals surface area contributed by atoms with Gasteiger partial charge < -0.3 is 9.84 Å². The van der Waals surface area contributed by atoms with E-state index in [0.29, 0.717) is 18.1 Å². The second kappa shape index (κ2) is 2.58. The largest absolute Gasteiger partial charge is 0.344 e. The molecule has 1 atom stereocenters. The highest BCUT2D eigenvalue weighted by atomic mass is 16.5. The molecule has 1 saturated heterocycles. The van der Waals surface area contributed by atoms with Crippen LogP contribution in [-0.2, 0) is 4.79 Å². The van der Waals surface area contributed by atoms with Gasteiger partial charge in [-0.05, 0) is 13.3 Å². The summed E-state index contributed by atoms with van der Waals surface area (Å²) in [4.78, 5) is 14.9. The second-order valence-electron chi connectivity index (χ2n) is 2.84. The van der Waals surface area contributed by atoms with Gasteiger partial charge in [-0.25, -0.2) is 0 Å². The molecule has 0 radical (unpaired) electrons. The zero-order chi connectivity index (χ0) is 8.55. The normalized spacial score (nSPS) is 22.8. The van der Waals surface area contributed by atoms with Crippen molar-refractivity contribution in [2.24, 2.45) is 0 Å². The smallest absolute Gasteiger partial charge is 0.249 e. The van der Waals surface area contributed by atoms with Crippen LogP contribution in [0.25, 0.3) is 0 Å². The van der Waals surface area contributed by atoms with Crippen molar-refractivity contribution in [1.82, 2.24) is 15.5 Å². The fourth-order valence-corrected chi connectivity index (χ4v) is 1.25. The van der Waals surface area contributed by atoms with Crippen molar-refractivity contribution in [3.63, 3.8) is 0 Å². The Morgan fingerprint density at radius 3 is 3.00 bits per heavy atom. The van der Waals surface area contributed by atoms with Crippen LogP contribution >= 0.6 is 0 Å². The van der Waals surface area contributed by atoms with Gasteiger partial charge in [0.25, 0.3) is 0 Å². The van der Waals surface area contributed by atoms with Crippen molar-refractivity contribution in [2.75, 3.05) is 0 Å². The van der Waals surface area contributed by atoms with Crippen molar-refractivity contribution in [3.8, 4) is 0 Å². The summed E-state index contributed by atoms with van der Waals surface area (Å²) < 4.78 is 4.92.